The molecule has 0 fully saturated rings. The molecule has 2 aromatic rings. The lowest BCUT2D eigenvalue weighted by Gasteiger charge is -2.13. The number of rotatable bonds is 6. The second kappa shape index (κ2) is 5.66. The molecule has 3 heteroatoms. The van der Waals surface area contributed by atoms with E-state index in [2.05, 4.69) is 11.9 Å². The van der Waals surface area contributed by atoms with Crippen molar-refractivity contribution in [1.29, 1.82) is 0 Å². The fourth-order valence-corrected chi connectivity index (χ4v) is 1.83. The van der Waals surface area contributed by atoms with Gasteiger partial charge in [0, 0.05) is 11.9 Å². The molecule has 1 aromatic carbocycles. The van der Waals surface area contributed by atoms with Crippen LogP contribution in [0, 0.1) is 0 Å². The second-order valence-electron chi connectivity index (χ2n) is 4.01. The van der Waals surface area contributed by atoms with Crippen molar-refractivity contribution >= 4 is 11.0 Å². The third kappa shape index (κ3) is 2.75. The van der Waals surface area contributed by atoms with Gasteiger partial charge in [0.2, 0.25) is 0 Å². The van der Waals surface area contributed by atoms with Crippen molar-refractivity contribution in [1.82, 2.24) is 5.32 Å². The van der Waals surface area contributed by atoms with Gasteiger partial charge in [0.05, 0.1) is 6.04 Å². The van der Waals surface area contributed by atoms with Crippen LogP contribution < -0.4 is 11.1 Å². The molecule has 3 nitrogen and oxygen atoms in total. The minimum absolute atomic E-state index is 0.0716. The number of hydrogen-bond acceptors (Lipinski definition) is 3. The third-order valence-corrected chi connectivity index (χ3v) is 2.76. The van der Waals surface area contributed by atoms with E-state index in [0.717, 1.165) is 29.7 Å². The number of para-hydroxylation sites is 1. The Hall–Kier alpha value is -1.58. The van der Waals surface area contributed by atoms with Crippen molar-refractivity contribution in [2.45, 2.75) is 12.5 Å². The maximum atomic E-state index is 5.78. The number of benzene rings is 1. The molecular weight excluding hydrogens is 212 g/mol. The van der Waals surface area contributed by atoms with E-state index in [4.69, 9.17) is 10.2 Å². The Bertz CT molecular complexity index is 457. The van der Waals surface area contributed by atoms with Crippen LogP contribution >= 0.6 is 0 Å². The summed E-state index contributed by atoms with van der Waals surface area (Å²) in [4.78, 5) is 0. The molecule has 0 aliphatic carbocycles. The first-order chi connectivity index (χ1) is 8.35. The smallest absolute Gasteiger partial charge is 0.134 e. The Kier molecular flexibility index (Phi) is 3.96. The predicted octanol–water partition coefficient (Wildman–Crippen LogP) is 2.60. The van der Waals surface area contributed by atoms with Gasteiger partial charge >= 0.3 is 0 Å². The molecule has 0 saturated heterocycles. The van der Waals surface area contributed by atoms with Crippen molar-refractivity contribution in [3.05, 3.63) is 48.7 Å². The molecule has 2 rings (SSSR count). The first-order valence-electron chi connectivity index (χ1n) is 5.88. The van der Waals surface area contributed by atoms with Crippen molar-refractivity contribution in [2.24, 2.45) is 5.73 Å². The average Bonchev–Trinajstić information content (AvgIpc) is 2.78. The standard InChI is InChI=1S/C14H18N2O/c1-2-3-8-16-12(10-15)14-9-11-6-4-5-7-13(11)17-14/h2,4-7,9,12,16H,1,3,8,10,15H2. The zero-order valence-electron chi connectivity index (χ0n) is 9.86. The van der Waals surface area contributed by atoms with Crippen molar-refractivity contribution in [3.8, 4) is 0 Å². The molecule has 0 aliphatic rings. The van der Waals surface area contributed by atoms with Crippen molar-refractivity contribution in [2.75, 3.05) is 13.1 Å². The summed E-state index contributed by atoms with van der Waals surface area (Å²) in [6.07, 6.45) is 2.82. The first-order valence-corrected chi connectivity index (χ1v) is 5.88. The topological polar surface area (TPSA) is 51.2 Å². The van der Waals surface area contributed by atoms with E-state index in [-0.39, 0.29) is 6.04 Å². The van der Waals surface area contributed by atoms with E-state index in [1.807, 2.05) is 36.4 Å². The van der Waals surface area contributed by atoms with Gasteiger partial charge in [-0.15, -0.1) is 6.58 Å². The lowest BCUT2D eigenvalue weighted by Crippen LogP contribution is -2.28. The maximum Gasteiger partial charge on any atom is 0.134 e. The average molecular weight is 230 g/mol. The van der Waals surface area contributed by atoms with Crippen LogP contribution in [0.15, 0.2) is 47.4 Å². The highest BCUT2D eigenvalue weighted by Crippen LogP contribution is 2.23. The molecule has 1 unspecified atom stereocenters. The molecule has 17 heavy (non-hydrogen) atoms. The maximum absolute atomic E-state index is 5.78. The van der Waals surface area contributed by atoms with Crippen LogP contribution in [0.25, 0.3) is 11.0 Å². The van der Waals surface area contributed by atoms with Crippen LogP contribution in [0.1, 0.15) is 18.2 Å². The zero-order valence-corrected chi connectivity index (χ0v) is 9.86. The third-order valence-electron chi connectivity index (χ3n) is 2.76. The van der Waals surface area contributed by atoms with Crippen LogP contribution in [0.3, 0.4) is 0 Å². The van der Waals surface area contributed by atoms with Gasteiger partial charge in [-0.1, -0.05) is 24.3 Å². The van der Waals surface area contributed by atoms with E-state index in [1.54, 1.807) is 0 Å². The lowest BCUT2D eigenvalue weighted by molar-refractivity contribution is 0.438. The first kappa shape index (κ1) is 11.9. The number of hydrogen-bond donors (Lipinski definition) is 2. The number of nitrogens with one attached hydrogen (secondary N) is 1. The summed E-state index contributed by atoms with van der Waals surface area (Å²) in [5, 5.41) is 4.47. The summed E-state index contributed by atoms with van der Waals surface area (Å²) in [6, 6.07) is 10.1. The molecule has 0 amide bonds. The zero-order chi connectivity index (χ0) is 12.1. The number of nitrogens with two attached hydrogens (primary N) is 1. The molecule has 0 bridgehead atoms. The van der Waals surface area contributed by atoms with Gasteiger partial charge in [0.15, 0.2) is 0 Å². The van der Waals surface area contributed by atoms with Gasteiger partial charge in [0.25, 0.3) is 0 Å². The van der Waals surface area contributed by atoms with Gasteiger partial charge in [-0.25, -0.2) is 0 Å². The molecule has 1 heterocycles. The highest BCUT2D eigenvalue weighted by atomic mass is 16.3. The SMILES string of the molecule is C=CCCNC(CN)c1cc2ccccc2o1. The van der Waals surface area contributed by atoms with Gasteiger partial charge in [-0.2, -0.15) is 0 Å². The van der Waals surface area contributed by atoms with Crippen LogP contribution in [-0.4, -0.2) is 13.1 Å². The highest BCUT2D eigenvalue weighted by molar-refractivity contribution is 5.77. The monoisotopic (exact) mass is 230 g/mol. The fraction of sp³-hybridized carbons (Fsp3) is 0.286. The summed E-state index contributed by atoms with van der Waals surface area (Å²) in [7, 11) is 0. The minimum atomic E-state index is 0.0716. The molecule has 90 valence electrons. The Balaban J connectivity index is 2.15. The largest absolute Gasteiger partial charge is 0.459 e. The Morgan fingerprint density at radius 1 is 1.41 bits per heavy atom. The van der Waals surface area contributed by atoms with E-state index in [9.17, 15) is 0 Å². The summed E-state index contributed by atoms with van der Waals surface area (Å²) in [5.41, 5.74) is 6.67. The normalized spacial score (nSPS) is 12.8. The molecule has 0 aliphatic heterocycles. The Morgan fingerprint density at radius 3 is 2.94 bits per heavy atom. The molecule has 1 atom stereocenters. The van der Waals surface area contributed by atoms with Crippen LogP contribution in [0.4, 0.5) is 0 Å². The molecular formula is C14H18N2O. The second-order valence-corrected chi connectivity index (χ2v) is 4.01. The minimum Gasteiger partial charge on any atom is -0.459 e. The van der Waals surface area contributed by atoms with Crippen molar-refractivity contribution in [3.63, 3.8) is 0 Å². The predicted molar refractivity (Wildman–Crippen MR) is 70.8 cm³/mol. The molecule has 0 spiro atoms. The quantitative estimate of drug-likeness (QED) is 0.592. The highest BCUT2D eigenvalue weighted by Gasteiger charge is 2.13. The number of furan rings is 1. The molecule has 1 aromatic heterocycles. The van der Waals surface area contributed by atoms with Crippen LogP contribution in [0.2, 0.25) is 0 Å². The Morgan fingerprint density at radius 2 is 2.24 bits per heavy atom. The van der Waals surface area contributed by atoms with E-state index in [1.165, 1.54) is 0 Å². The molecule has 0 saturated carbocycles. The Labute approximate surface area is 101 Å². The van der Waals surface area contributed by atoms with Gasteiger partial charge in [-0.05, 0) is 25.1 Å². The summed E-state index contributed by atoms with van der Waals surface area (Å²) < 4.78 is 5.78. The molecule has 0 radical (unpaired) electrons. The van der Waals surface area contributed by atoms with Crippen molar-refractivity contribution < 1.29 is 4.42 Å². The van der Waals surface area contributed by atoms with Crippen LogP contribution in [-0.2, 0) is 0 Å². The fourth-order valence-electron chi connectivity index (χ4n) is 1.83. The summed E-state index contributed by atoms with van der Waals surface area (Å²) in [6.45, 7) is 5.08. The number of fused-ring (bicyclic) bond motifs is 1. The lowest BCUT2D eigenvalue weighted by atomic mass is 10.2. The van der Waals surface area contributed by atoms with Gasteiger partial charge in [0.1, 0.15) is 11.3 Å². The van der Waals surface area contributed by atoms with E-state index in [0.29, 0.717) is 6.54 Å². The summed E-state index contributed by atoms with van der Waals surface area (Å²) >= 11 is 0. The van der Waals surface area contributed by atoms with Gasteiger partial charge < -0.3 is 15.5 Å². The van der Waals surface area contributed by atoms with Crippen LogP contribution in [0.5, 0.6) is 0 Å². The van der Waals surface area contributed by atoms with E-state index < -0.39 is 0 Å². The van der Waals surface area contributed by atoms with Gasteiger partial charge in [-0.3, -0.25) is 0 Å². The van der Waals surface area contributed by atoms with E-state index >= 15 is 0 Å². The summed E-state index contributed by atoms with van der Waals surface area (Å²) in [5.74, 6) is 0.901. The molecule has 3 N–H and O–H groups in total.